The zero-order valence-corrected chi connectivity index (χ0v) is 24.3. The number of carbonyl (C=O) groups excluding carboxylic acids is 1. The molecule has 6 atom stereocenters. The number of carbonyl (C=O) groups is 1. The van der Waals surface area contributed by atoms with Crippen molar-refractivity contribution >= 4 is 42.3 Å². The summed E-state index contributed by atoms with van der Waals surface area (Å²) in [6.07, 6.45) is 1.90. The van der Waals surface area contributed by atoms with Gasteiger partial charge in [0, 0.05) is 17.9 Å². The summed E-state index contributed by atoms with van der Waals surface area (Å²) in [7, 11) is -4.02. The predicted molar refractivity (Wildman–Crippen MR) is 148 cm³/mol. The van der Waals surface area contributed by atoms with Gasteiger partial charge < -0.3 is 20.3 Å². The van der Waals surface area contributed by atoms with Crippen LogP contribution in [0.4, 0.5) is 5.82 Å². The lowest BCUT2D eigenvalue weighted by Gasteiger charge is -2.30. The van der Waals surface area contributed by atoms with Gasteiger partial charge in [-0.3, -0.25) is 22.9 Å². The van der Waals surface area contributed by atoms with E-state index in [1.165, 1.54) is 24.1 Å². The second-order valence-corrected chi connectivity index (χ2v) is 12.3. The highest BCUT2D eigenvalue weighted by Crippen LogP contribution is 2.57. The molecule has 0 saturated carbocycles. The van der Waals surface area contributed by atoms with Gasteiger partial charge >= 0.3 is 7.82 Å². The van der Waals surface area contributed by atoms with E-state index >= 15 is 0 Å². The molecular formula is C26H33ClN5O8P. The molecule has 2 saturated heterocycles. The predicted octanol–water partition coefficient (Wildman–Crippen LogP) is 4.31. The highest BCUT2D eigenvalue weighted by molar-refractivity contribution is 7.48. The van der Waals surface area contributed by atoms with Gasteiger partial charge in [0.1, 0.15) is 24.1 Å². The van der Waals surface area contributed by atoms with E-state index in [9.17, 15) is 19.6 Å². The number of benzene rings is 1. The zero-order valence-electron chi connectivity index (χ0n) is 22.7. The smallest absolute Gasteiger partial charge is 0.387 e. The van der Waals surface area contributed by atoms with Crippen LogP contribution in [-0.4, -0.2) is 66.7 Å². The number of anilines is 1. The molecule has 222 valence electrons. The Hall–Kier alpha value is -2.48. The summed E-state index contributed by atoms with van der Waals surface area (Å²) >= 11 is 6.08. The van der Waals surface area contributed by atoms with Gasteiger partial charge in [0.25, 0.3) is 0 Å². The number of nitrogens with zero attached hydrogens (tertiary/aromatic N) is 4. The fourth-order valence-corrected chi connectivity index (χ4v) is 6.49. The number of aliphatic hydroxyl groups is 2. The van der Waals surface area contributed by atoms with Crippen LogP contribution in [0.1, 0.15) is 63.8 Å². The molecule has 2 unspecified atom stereocenters. The molecule has 5 rings (SSSR count). The molecular weight excluding hydrogens is 577 g/mol. The van der Waals surface area contributed by atoms with Crippen LogP contribution < -0.4 is 5.32 Å². The van der Waals surface area contributed by atoms with Gasteiger partial charge in [0.2, 0.25) is 5.91 Å². The first kappa shape index (κ1) is 30.0. The fourth-order valence-electron chi connectivity index (χ4n) is 4.90. The van der Waals surface area contributed by atoms with Gasteiger partial charge in [-0.15, -0.1) is 0 Å². The molecule has 2 aliphatic rings. The Morgan fingerprint density at radius 2 is 2.15 bits per heavy atom. The summed E-state index contributed by atoms with van der Waals surface area (Å²) in [5.41, 5.74) is -0.512. The van der Waals surface area contributed by atoms with Crippen molar-refractivity contribution in [3.8, 4) is 0 Å². The van der Waals surface area contributed by atoms with Crippen LogP contribution >= 0.6 is 19.4 Å². The van der Waals surface area contributed by atoms with Gasteiger partial charge in [0.05, 0.1) is 25.6 Å². The van der Waals surface area contributed by atoms with Crippen molar-refractivity contribution in [1.29, 1.82) is 0 Å². The molecule has 0 bridgehead atoms. The topological polar surface area (TPSA) is 167 Å². The van der Waals surface area contributed by atoms with Crippen LogP contribution in [0.5, 0.6) is 0 Å². The molecule has 3 aromatic rings. The molecule has 0 aliphatic carbocycles. The number of rotatable bonds is 10. The number of ether oxygens (including phenoxy) is 1. The van der Waals surface area contributed by atoms with Crippen LogP contribution in [0.2, 0.25) is 5.02 Å². The SMILES string of the molecule is CCCCCC(=O)Nc1ncnc2c1ncn2[C@@H]1O[C@H](COP2(=O)OCCC(c3cccc(Cl)c3)O2)[C@@H](O)[C@@]1(C)O. The Kier molecular flexibility index (Phi) is 9.07. The first-order valence-corrected chi connectivity index (χ1v) is 15.3. The third kappa shape index (κ3) is 6.47. The summed E-state index contributed by atoms with van der Waals surface area (Å²) in [5, 5.41) is 25.5. The van der Waals surface area contributed by atoms with Gasteiger partial charge in [-0.25, -0.2) is 19.5 Å². The minimum Gasteiger partial charge on any atom is -0.387 e. The van der Waals surface area contributed by atoms with Gasteiger partial charge in [-0.1, -0.05) is 43.5 Å². The summed E-state index contributed by atoms with van der Waals surface area (Å²) in [6, 6.07) is 7.01. The second kappa shape index (κ2) is 12.4. The second-order valence-electron chi connectivity index (χ2n) is 10.3. The number of aliphatic hydroxyl groups excluding tert-OH is 1. The van der Waals surface area contributed by atoms with E-state index in [4.69, 9.17) is 29.9 Å². The monoisotopic (exact) mass is 609 g/mol. The Balaban J connectivity index is 1.28. The van der Waals surface area contributed by atoms with E-state index in [-0.39, 0.29) is 24.0 Å². The van der Waals surface area contributed by atoms with Crippen LogP contribution in [0.15, 0.2) is 36.9 Å². The molecule has 0 radical (unpaired) electrons. The maximum Gasteiger partial charge on any atom is 0.475 e. The number of fused-ring (bicyclic) bond motifs is 1. The van der Waals surface area contributed by atoms with E-state index < -0.39 is 44.6 Å². The maximum atomic E-state index is 13.3. The van der Waals surface area contributed by atoms with Gasteiger partial charge in [0.15, 0.2) is 23.2 Å². The van der Waals surface area contributed by atoms with E-state index in [2.05, 4.69) is 27.2 Å². The zero-order chi connectivity index (χ0) is 29.2. The van der Waals surface area contributed by atoms with Crippen LogP contribution in [0.3, 0.4) is 0 Å². The van der Waals surface area contributed by atoms with Crippen LogP contribution in [-0.2, 0) is 27.7 Å². The first-order chi connectivity index (χ1) is 19.6. The quantitative estimate of drug-likeness (QED) is 0.221. The third-order valence-electron chi connectivity index (χ3n) is 7.13. The molecule has 13 nitrogen and oxygen atoms in total. The summed E-state index contributed by atoms with van der Waals surface area (Å²) in [6.45, 7) is 3.19. The van der Waals surface area contributed by atoms with Crippen LogP contribution in [0, 0.1) is 0 Å². The summed E-state index contributed by atoms with van der Waals surface area (Å²) in [4.78, 5) is 25.1. The van der Waals surface area contributed by atoms with Crippen molar-refractivity contribution < 1.29 is 37.9 Å². The first-order valence-electron chi connectivity index (χ1n) is 13.5. The van der Waals surface area contributed by atoms with Crippen molar-refractivity contribution in [1.82, 2.24) is 19.5 Å². The minimum absolute atomic E-state index is 0.126. The molecule has 4 heterocycles. The molecule has 0 spiro atoms. The number of hydrogen-bond acceptors (Lipinski definition) is 11. The number of hydrogen-bond donors (Lipinski definition) is 3. The van der Waals surface area contributed by atoms with E-state index in [0.29, 0.717) is 23.4 Å². The number of nitrogens with one attached hydrogen (secondary N) is 1. The van der Waals surface area contributed by atoms with Gasteiger partial charge in [-0.2, -0.15) is 0 Å². The Morgan fingerprint density at radius 3 is 2.93 bits per heavy atom. The Bertz CT molecular complexity index is 1440. The number of halogens is 1. The highest BCUT2D eigenvalue weighted by atomic mass is 35.5. The third-order valence-corrected chi connectivity index (χ3v) is 8.85. The van der Waals surface area contributed by atoms with Crippen molar-refractivity contribution in [2.24, 2.45) is 0 Å². The largest absolute Gasteiger partial charge is 0.475 e. The molecule has 2 aliphatic heterocycles. The minimum atomic E-state index is -4.02. The number of imidazole rings is 1. The van der Waals surface area contributed by atoms with Crippen molar-refractivity contribution in [3.63, 3.8) is 0 Å². The molecule has 2 aromatic heterocycles. The average Bonchev–Trinajstić information content (AvgIpc) is 3.46. The standard InChI is InChI=1S/C26H33ClN5O8P/c1-3-4-5-9-20(33)31-23-21-24(29-14-28-23)32(15-30-21)25-26(2,35)22(34)19(39-25)13-38-41(36)37-11-10-18(40-41)16-7-6-8-17(27)12-16/h6-8,12,14-15,18-19,22,25,34-35H,3-5,9-11,13H2,1-2H3,(H,28,29,31,33)/t18?,19-,22-,25-,26-,41?/m1/s1. The summed E-state index contributed by atoms with van der Waals surface area (Å²) < 4.78 is 37.2. The Morgan fingerprint density at radius 1 is 1.32 bits per heavy atom. The number of unbranched alkanes of at least 4 members (excludes halogenated alkanes) is 2. The lowest BCUT2D eigenvalue weighted by molar-refractivity contribution is -0.116. The highest BCUT2D eigenvalue weighted by Gasteiger charge is 2.54. The van der Waals surface area contributed by atoms with E-state index in [1.54, 1.807) is 24.3 Å². The number of aromatic nitrogens is 4. The Labute approximate surface area is 241 Å². The average molecular weight is 610 g/mol. The summed E-state index contributed by atoms with van der Waals surface area (Å²) in [5.74, 6) is 0.0386. The van der Waals surface area contributed by atoms with E-state index in [0.717, 1.165) is 24.8 Å². The molecule has 2 fully saturated rings. The fraction of sp³-hybridized carbons (Fsp3) is 0.538. The van der Waals surface area contributed by atoms with Crippen molar-refractivity contribution in [3.05, 3.63) is 47.5 Å². The lowest BCUT2D eigenvalue weighted by atomic mass is 9.96. The molecule has 1 amide bonds. The number of phosphoric acid groups is 1. The molecule has 15 heteroatoms. The van der Waals surface area contributed by atoms with Crippen molar-refractivity contribution in [2.75, 3.05) is 18.5 Å². The van der Waals surface area contributed by atoms with Crippen molar-refractivity contribution in [2.45, 2.75) is 76.1 Å². The maximum absolute atomic E-state index is 13.3. The lowest BCUT2D eigenvalue weighted by Crippen LogP contribution is -2.44. The molecule has 1 aromatic carbocycles. The molecule has 3 N–H and O–H groups in total. The van der Waals surface area contributed by atoms with Gasteiger partial charge in [-0.05, 0) is 31.0 Å². The molecule has 41 heavy (non-hydrogen) atoms. The van der Waals surface area contributed by atoms with E-state index in [1.807, 2.05) is 0 Å². The van der Waals surface area contributed by atoms with Crippen LogP contribution in [0.25, 0.3) is 11.2 Å². The normalized spacial score (nSPS) is 30.1. The number of amides is 1. The number of phosphoric ester groups is 1.